The van der Waals surface area contributed by atoms with E-state index in [1.165, 1.54) is 22.3 Å². The lowest BCUT2D eigenvalue weighted by atomic mass is 10.1. The van der Waals surface area contributed by atoms with Crippen molar-refractivity contribution in [3.05, 3.63) is 83.7 Å². The van der Waals surface area contributed by atoms with Gasteiger partial charge in [-0.15, -0.1) is 0 Å². The maximum atomic E-state index is 14.6. The van der Waals surface area contributed by atoms with Gasteiger partial charge in [0.05, 0.1) is 22.8 Å². The van der Waals surface area contributed by atoms with Crippen LogP contribution in [0.1, 0.15) is 22.8 Å². The van der Waals surface area contributed by atoms with Crippen LogP contribution in [0.15, 0.2) is 71.6 Å². The minimum absolute atomic E-state index is 0.126. The SMILES string of the molecule is CCOc1ccc(N(C)C(=O)c2cc(S(=O)(=O)N3CCc4ccccc43)ccc2F)cc1. The summed E-state index contributed by atoms with van der Waals surface area (Å²) in [5, 5.41) is 0. The number of rotatable bonds is 6. The molecule has 1 amide bonds. The van der Waals surface area contributed by atoms with Crippen molar-refractivity contribution in [3.63, 3.8) is 0 Å². The highest BCUT2D eigenvalue weighted by Gasteiger charge is 2.32. The summed E-state index contributed by atoms with van der Waals surface area (Å²) in [6.07, 6.45) is 0.600. The molecule has 32 heavy (non-hydrogen) atoms. The minimum Gasteiger partial charge on any atom is -0.494 e. The molecule has 1 aliphatic heterocycles. The van der Waals surface area contributed by atoms with Crippen molar-refractivity contribution >= 4 is 27.3 Å². The lowest BCUT2D eigenvalue weighted by Crippen LogP contribution is -2.30. The molecule has 6 nitrogen and oxygen atoms in total. The van der Waals surface area contributed by atoms with E-state index in [4.69, 9.17) is 4.74 Å². The number of hydrogen-bond donors (Lipinski definition) is 0. The fourth-order valence-electron chi connectivity index (χ4n) is 3.74. The number of amides is 1. The van der Waals surface area contributed by atoms with Crippen LogP contribution in [-0.2, 0) is 16.4 Å². The molecule has 0 saturated carbocycles. The predicted octanol–water partition coefficient (Wildman–Crippen LogP) is 4.25. The largest absolute Gasteiger partial charge is 0.494 e. The van der Waals surface area contributed by atoms with E-state index in [2.05, 4.69) is 0 Å². The van der Waals surface area contributed by atoms with Crippen LogP contribution in [-0.4, -0.2) is 34.5 Å². The molecule has 0 spiro atoms. The molecule has 1 heterocycles. The molecule has 3 aromatic carbocycles. The van der Waals surface area contributed by atoms with Gasteiger partial charge in [0, 0.05) is 19.3 Å². The predicted molar refractivity (Wildman–Crippen MR) is 121 cm³/mol. The molecule has 166 valence electrons. The molecule has 0 saturated heterocycles. The first-order valence-corrected chi connectivity index (χ1v) is 11.7. The summed E-state index contributed by atoms with van der Waals surface area (Å²) in [7, 11) is -2.44. The van der Waals surface area contributed by atoms with Crippen molar-refractivity contribution in [2.45, 2.75) is 18.2 Å². The number of halogens is 1. The Labute approximate surface area is 186 Å². The second-order valence-electron chi connectivity index (χ2n) is 7.39. The third kappa shape index (κ3) is 3.93. The van der Waals surface area contributed by atoms with Crippen molar-refractivity contribution in [2.24, 2.45) is 0 Å². The van der Waals surface area contributed by atoms with Gasteiger partial charge in [-0.3, -0.25) is 9.10 Å². The molecule has 1 aliphatic rings. The zero-order valence-electron chi connectivity index (χ0n) is 17.8. The molecule has 0 fully saturated rings. The van der Waals surface area contributed by atoms with Crippen LogP contribution >= 0.6 is 0 Å². The van der Waals surface area contributed by atoms with Gasteiger partial charge in [0.25, 0.3) is 15.9 Å². The molecule has 3 aromatic rings. The minimum atomic E-state index is -3.95. The van der Waals surface area contributed by atoms with Crippen LogP contribution in [0.5, 0.6) is 5.75 Å². The number of carbonyl (C=O) groups excluding carboxylic acids is 1. The first kappa shape index (κ1) is 21.8. The Morgan fingerprint density at radius 2 is 1.81 bits per heavy atom. The van der Waals surface area contributed by atoms with Crippen LogP contribution in [0, 0.1) is 5.82 Å². The molecule has 0 aliphatic carbocycles. The van der Waals surface area contributed by atoms with Crippen LogP contribution in [0.25, 0.3) is 0 Å². The van der Waals surface area contributed by atoms with Crippen molar-refractivity contribution in [3.8, 4) is 5.75 Å². The summed E-state index contributed by atoms with van der Waals surface area (Å²) in [4.78, 5) is 14.2. The lowest BCUT2D eigenvalue weighted by Gasteiger charge is -2.21. The van der Waals surface area contributed by atoms with Gasteiger partial charge in [-0.05, 0) is 67.4 Å². The van der Waals surface area contributed by atoms with E-state index in [-0.39, 0.29) is 10.5 Å². The average Bonchev–Trinajstić information content (AvgIpc) is 3.24. The number of anilines is 2. The van der Waals surface area contributed by atoms with Gasteiger partial charge in [-0.1, -0.05) is 18.2 Å². The standard InChI is InChI=1S/C24H23FN2O4S/c1-3-31-19-10-8-18(9-11-19)26(2)24(28)21-16-20(12-13-22(21)25)32(29,30)27-15-14-17-6-4-5-7-23(17)27/h4-13,16H,3,14-15H2,1-2H3. The molecule has 0 N–H and O–H groups in total. The quantitative estimate of drug-likeness (QED) is 0.559. The smallest absolute Gasteiger partial charge is 0.264 e. The highest BCUT2D eigenvalue weighted by Crippen LogP contribution is 2.33. The van der Waals surface area contributed by atoms with E-state index in [0.29, 0.717) is 36.7 Å². The molecule has 0 aromatic heterocycles. The Morgan fingerprint density at radius 3 is 2.53 bits per heavy atom. The molecule has 0 atom stereocenters. The molecular formula is C24H23FN2O4S. The number of benzene rings is 3. The molecule has 8 heteroatoms. The number of fused-ring (bicyclic) bond motifs is 1. The topological polar surface area (TPSA) is 66.9 Å². The monoisotopic (exact) mass is 454 g/mol. The van der Waals surface area contributed by atoms with Crippen LogP contribution in [0.2, 0.25) is 0 Å². The fourth-order valence-corrected chi connectivity index (χ4v) is 5.27. The Hall–Kier alpha value is -3.39. The zero-order chi connectivity index (χ0) is 22.9. The zero-order valence-corrected chi connectivity index (χ0v) is 18.6. The van der Waals surface area contributed by atoms with Crippen LogP contribution in [0.4, 0.5) is 15.8 Å². The van der Waals surface area contributed by atoms with Crippen molar-refractivity contribution in [1.82, 2.24) is 0 Å². The van der Waals surface area contributed by atoms with E-state index in [1.807, 2.05) is 19.1 Å². The Kier molecular flexibility index (Phi) is 5.88. The summed E-state index contributed by atoms with van der Waals surface area (Å²) in [6.45, 7) is 2.69. The molecular weight excluding hydrogens is 431 g/mol. The lowest BCUT2D eigenvalue weighted by molar-refractivity contribution is 0.0989. The summed E-state index contributed by atoms with van der Waals surface area (Å²) >= 11 is 0. The molecule has 0 bridgehead atoms. The third-order valence-corrected chi connectivity index (χ3v) is 7.25. The number of hydrogen-bond acceptors (Lipinski definition) is 4. The maximum absolute atomic E-state index is 14.6. The van der Waals surface area contributed by atoms with Gasteiger partial charge in [0.15, 0.2) is 0 Å². The Balaban J connectivity index is 1.64. The molecule has 0 radical (unpaired) electrons. The fraction of sp³-hybridized carbons (Fsp3) is 0.208. The first-order valence-electron chi connectivity index (χ1n) is 10.2. The first-order chi connectivity index (χ1) is 15.3. The summed E-state index contributed by atoms with van der Waals surface area (Å²) in [5.74, 6) is -0.777. The van der Waals surface area contributed by atoms with Gasteiger partial charge in [-0.2, -0.15) is 0 Å². The Bertz CT molecular complexity index is 1260. The van der Waals surface area contributed by atoms with E-state index in [0.717, 1.165) is 17.7 Å². The molecule has 0 unspecified atom stereocenters. The number of para-hydroxylation sites is 1. The molecule has 4 rings (SSSR count). The van der Waals surface area contributed by atoms with Crippen LogP contribution in [0.3, 0.4) is 0 Å². The highest BCUT2D eigenvalue weighted by molar-refractivity contribution is 7.92. The van der Waals surface area contributed by atoms with E-state index in [1.54, 1.807) is 36.4 Å². The van der Waals surface area contributed by atoms with Gasteiger partial charge in [0.2, 0.25) is 0 Å². The van der Waals surface area contributed by atoms with Crippen LogP contribution < -0.4 is 13.9 Å². The van der Waals surface area contributed by atoms with Gasteiger partial charge in [-0.25, -0.2) is 12.8 Å². The second kappa shape index (κ2) is 8.63. The average molecular weight is 455 g/mol. The third-order valence-electron chi connectivity index (χ3n) is 5.44. The number of nitrogens with zero attached hydrogens (tertiary/aromatic N) is 2. The van der Waals surface area contributed by atoms with Crippen molar-refractivity contribution < 1.29 is 22.3 Å². The highest BCUT2D eigenvalue weighted by atomic mass is 32.2. The number of carbonyl (C=O) groups is 1. The van der Waals surface area contributed by atoms with E-state index in [9.17, 15) is 17.6 Å². The van der Waals surface area contributed by atoms with E-state index < -0.39 is 21.7 Å². The number of sulfonamides is 1. The summed E-state index contributed by atoms with van der Waals surface area (Å²) in [6, 6.07) is 17.4. The summed E-state index contributed by atoms with van der Waals surface area (Å²) < 4.78 is 47.9. The maximum Gasteiger partial charge on any atom is 0.264 e. The van der Waals surface area contributed by atoms with Gasteiger partial charge >= 0.3 is 0 Å². The van der Waals surface area contributed by atoms with Crippen molar-refractivity contribution in [2.75, 3.05) is 29.4 Å². The second-order valence-corrected chi connectivity index (χ2v) is 9.25. The summed E-state index contributed by atoms with van der Waals surface area (Å²) in [5.41, 5.74) is 1.76. The van der Waals surface area contributed by atoms with E-state index >= 15 is 0 Å². The van der Waals surface area contributed by atoms with Gasteiger partial charge < -0.3 is 9.64 Å². The van der Waals surface area contributed by atoms with Crippen molar-refractivity contribution in [1.29, 1.82) is 0 Å². The van der Waals surface area contributed by atoms with Gasteiger partial charge in [0.1, 0.15) is 11.6 Å². The normalized spacial score (nSPS) is 13.0. The Morgan fingerprint density at radius 1 is 1.09 bits per heavy atom. The number of ether oxygens (including phenoxy) is 1.